The minimum absolute atomic E-state index is 0.0434. The Labute approximate surface area is 158 Å². The summed E-state index contributed by atoms with van der Waals surface area (Å²) in [7, 11) is 0. The van der Waals surface area contributed by atoms with E-state index in [0.717, 1.165) is 0 Å². The molecular formula is C17H13Cl3FNO3. The third kappa shape index (κ3) is 5.08. The molecule has 8 heteroatoms. The van der Waals surface area contributed by atoms with Crippen LogP contribution in [0.5, 0.6) is 0 Å². The minimum atomic E-state index is -1.08. The molecule has 0 saturated heterocycles. The number of rotatable bonds is 5. The highest BCUT2D eigenvalue weighted by molar-refractivity contribution is 6.46. The monoisotopic (exact) mass is 403 g/mol. The van der Waals surface area contributed by atoms with E-state index in [1.54, 1.807) is 0 Å². The van der Waals surface area contributed by atoms with E-state index in [0.29, 0.717) is 5.56 Å². The summed E-state index contributed by atoms with van der Waals surface area (Å²) in [5.41, 5.74) is 0.600. The van der Waals surface area contributed by atoms with Gasteiger partial charge in [-0.05, 0) is 36.8 Å². The first-order chi connectivity index (χ1) is 11.8. The van der Waals surface area contributed by atoms with E-state index in [1.807, 2.05) is 0 Å². The number of carbonyl (C=O) groups is 2. The summed E-state index contributed by atoms with van der Waals surface area (Å²) in [5.74, 6) is -1.75. The second-order valence-electron chi connectivity index (χ2n) is 5.11. The SMILES string of the molecule is CC(OC(=O)c1c(Cl)ccc(Cl)c1Cl)C(=O)NCc1ccc(F)cc1. The number of nitrogens with one attached hydrogen (secondary N) is 1. The number of halogens is 4. The van der Waals surface area contributed by atoms with Gasteiger partial charge in [-0.1, -0.05) is 46.9 Å². The molecule has 0 radical (unpaired) electrons. The van der Waals surface area contributed by atoms with E-state index in [9.17, 15) is 14.0 Å². The van der Waals surface area contributed by atoms with Gasteiger partial charge < -0.3 is 10.1 Å². The summed E-state index contributed by atoms with van der Waals surface area (Å²) in [6, 6.07) is 8.51. The molecule has 0 spiro atoms. The predicted octanol–water partition coefficient (Wildman–Crippen LogP) is 4.65. The normalized spacial score (nSPS) is 11.7. The molecular weight excluding hydrogens is 392 g/mol. The number of esters is 1. The second kappa shape index (κ2) is 8.52. The van der Waals surface area contributed by atoms with Crippen LogP contribution >= 0.6 is 34.8 Å². The maximum atomic E-state index is 12.8. The number of ether oxygens (including phenoxy) is 1. The fourth-order valence-electron chi connectivity index (χ4n) is 1.92. The van der Waals surface area contributed by atoms with Crippen LogP contribution in [-0.4, -0.2) is 18.0 Å². The van der Waals surface area contributed by atoms with Crippen LogP contribution in [0.25, 0.3) is 0 Å². The number of hydrogen-bond donors (Lipinski definition) is 1. The van der Waals surface area contributed by atoms with Crippen LogP contribution in [0.1, 0.15) is 22.8 Å². The van der Waals surface area contributed by atoms with Gasteiger partial charge in [0.05, 0.1) is 20.6 Å². The first-order valence-corrected chi connectivity index (χ1v) is 8.29. The summed E-state index contributed by atoms with van der Waals surface area (Å²) in [5, 5.41) is 2.75. The molecule has 132 valence electrons. The Hall–Kier alpha value is -1.82. The zero-order chi connectivity index (χ0) is 18.6. The Morgan fingerprint density at radius 3 is 2.32 bits per heavy atom. The molecule has 0 saturated carbocycles. The number of carbonyl (C=O) groups excluding carboxylic acids is 2. The third-order valence-electron chi connectivity index (χ3n) is 3.28. The van der Waals surface area contributed by atoms with Crippen molar-refractivity contribution in [3.05, 3.63) is 68.4 Å². The van der Waals surface area contributed by atoms with Gasteiger partial charge in [-0.25, -0.2) is 9.18 Å². The van der Waals surface area contributed by atoms with Gasteiger partial charge in [0.25, 0.3) is 5.91 Å². The Balaban J connectivity index is 1.98. The lowest BCUT2D eigenvalue weighted by atomic mass is 10.2. The Morgan fingerprint density at radius 2 is 1.68 bits per heavy atom. The van der Waals surface area contributed by atoms with Crippen molar-refractivity contribution in [2.24, 2.45) is 0 Å². The van der Waals surface area contributed by atoms with E-state index in [1.165, 1.54) is 43.3 Å². The van der Waals surface area contributed by atoms with Crippen LogP contribution in [0, 0.1) is 5.82 Å². The van der Waals surface area contributed by atoms with Gasteiger partial charge in [0.1, 0.15) is 5.82 Å². The van der Waals surface area contributed by atoms with E-state index in [4.69, 9.17) is 39.5 Å². The molecule has 0 aliphatic carbocycles. The third-order valence-corrected chi connectivity index (χ3v) is 4.40. The molecule has 0 bridgehead atoms. The van der Waals surface area contributed by atoms with Crippen LogP contribution in [-0.2, 0) is 16.1 Å². The lowest BCUT2D eigenvalue weighted by Gasteiger charge is -2.15. The van der Waals surface area contributed by atoms with Gasteiger partial charge in [0.15, 0.2) is 6.10 Å². The Bertz CT molecular complexity index is 796. The fraction of sp³-hybridized carbons (Fsp3) is 0.176. The van der Waals surface area contributed by atoms with E-state index in [-0.39, 0.29) is 33.0 Å². The number of benzene rings is 2. The van der Waals surface area contributed by atoms with Crippen molar-refractivity contribution in [2.45, 2.75) is 19.6 Å². The van der Waals surface area contributed by atoms with Gasteiger partial charge in [-0.2, -0.15) is 0 Å². The first kappa shape index (κ1) is 19.5. The summed E-state index contributed by atoms with van der Waals surface area (Å²) < 4.78 is 17.9. The van der Waals surface area contributed by atoms with Gasteiger partial charge in [-0.3, -0.25) is 4.79 Å². The van der Waals surface area contributed by atoms with Crippen LogP contribution in [0.15, 0.2) is 36.4 Å². The summed E-state index contributed by atoms with van der Waals surface area (Å²) >= 11 is 17.8. The molecule has 25 heavy (non-hydrogen) atoms. The van der Waals surface area contributed by atoms with Crippen molar-refractivity contribution in [2.75, 3.05) is 0 Å². The molecule has 2 aromatic carbocycles. The molecule has 0 fully saturated rings. The second-order valence-corrected chi connectivity index (χ2v) is 6.30. The molecule has 4 nitrogen and oxygen atoms in total. The first-order valence-electron chi connectivity index (χ1n) is 7.16. The van der Waals surface area contributed by atoms with Crippen molar-refractivity contribution < 1.29 is 18.7 Å². The molecule has 2 rings (SSSR count). The molecule has 2 aromatic rings. The highest BCUT2D eigenvalue weighted by Crippen LogP contribution is 2.32. The lowest BCUT2D eigenvalue weighted by molar-refractivity contribution is -0.129. The maximum Gasteiger partial charge on any atom is 0.342 e. The molecule has 1 atom stereocenters. The molecule has 0 heterocycles. The molecule has 0 aliphatic rings. The Kier molecular flexibility index (Phi) is 6.64. The summed E-state index contributed by atoms with van der Waals surface area (Å²) in [6.45, 7) is 1.57. The zero-order valence-electron chi connectivity index (χ0n) is 13.0. The van der Waals surface area contributed by atoms with Gasteiger partial charge in [0.2, 0.25) is 0 Å². The molecule has 0 aliphatic heterocycles. The topological polar surface area (TPSA) is 55.4 Å². The average molecular weight is 405 g/mol. The number of hydrogen-bond acceptors (Lipinski definition) is 3. The van der Waals surface area contributed by atoms with Crippen molar-refractivity contribution in [3.63, 3.8) is 0 Å². The molecule has 1 amide bonds. The van der Waals surface area contributed by atoms with Crippen LogP contribution in [0.4, 0.5) is 4.39 Å². The van der Waals surface area contributed by atoms with Gasteiger partial charge >= 0.3 is 5.97 Å². The highest BCUT2D eigenvalue weighted by Gasteiger charge is 2.23. The smallest absolute Gasteiger partial charge is 0.342 e. The van der Waals surface area contributed by atoms with Gasteiger partial charge in [-0.15, -0.1) is 0 Å². The van der Waals surface area contributed by atoms with Crippen LogP contribution in [0.2, 0.25) is 15.1 Å². The van der Waals surface area contributed by atoms with Crippen molar-refractivity contribution in [3.8, 4) is 0 Å². The lowest BCUT2D eigenvalue weighted by Crippen LogP contribution is -2.35. The van der Waals surface area contributed by atoms with Gasteiger partial charge in [0, 0.05) is 6.54 Å². The maximum absolute atomic E-state index is 12.8. The summed E-state index contributed by atoms with van der Waals surface area (Å²) in [6.07, 6.45) is -1.08. The molecule has 0 aromatic heterocycles. The Morgan fingerprint density at radius 1 is 1.08 bits per heavy atom. The van der Waals surface area contributed by atoms with E-state index >= 15 is 0 Å². The predicted molar refractivity (Wildman–Crippen MR) is 94.6 cm³/mol. The highest BCUT2D eigenvalue weighted by atomic mass is 35.5. The zero-order valence-corrected chi connectivity index (χ0v) is 15.3. The minimum Gasteiger partial charge on any atom is -0.449 e. The fourth-order valence-corrected chi connectivity index (χ4v) is 2.60. The largest absolute Gasteiger partial charge is 0.449 e. The molecule has 1 unspecified atom stereocenters. The average Bonchev–Trinajstić information content (AvgIpc) is 2.57. The van der Waals surface area contributed by atoms with Crippen LogP contribution < -0.4 is 5.32 Å². The van der Waals surface area contributed by atoms with Crippen molar-refractivity contribution in [1.82, 2.24) is 5.32 Å². The van der Waals surface area contributed by atoms with Crippen molar-refractivity contribution >= 4 is 46.7 Å². The van der Waals surface area contributed by atoms with Crippen LogP contribution in [0.3, 0.4) is 0 Å². The van der Waals surface area contributed by atoms with E-state index < -0.39 is 18.0 Å². The van der Waals surface area contributed by atoms with E-state index in [2.05, 4.69) is 5.32 Å². The quantitative estimate of drug-likeness (QED) is 0.583. The number of amides is 1. The molecule has 1 N–H and O–H groups in total. The van der Waals surface area contributed by atoms with Crippen molar-refractivity contribution in [1.29, 1.82) is 0 Å². The summed E-state index contributed by atoms with van der Waals surface area (Å²) in [4.78, 5) is 24.2. The standard InChI is InChI=1S/C17H13Cl3FNO3/c1-9(16(23)22-8-10-2-4-11(21)5-3-10)25-17(24)14-12(18)6-7-13(19)15(14)20/h2-7,9H,8H2,1H3,(H,22,23).